The van der Waals surface area contributed by atoms with E-state index in [0.29, 0.717) is 17.2 Å². The predicted octanol–water partition coefficient (Wildman–Crippen LogP) is 3.51. The molecule has 1 atom stereocenters. The molecule has 144 valence electrons. The van der Waals surface area contributed by atoms with Crippen molar-refractivity contribution in [2.24, 2.45) is 0 Å². The van der Waals surface area contributed by atoms with Crippen molar-refractivity contribution in [3.05, 3.63) is 47.4 Å². The highest BCUT2D eigenvalue weighted by Crippen LogP contribution is 2.39. The number of nitrogens with zero attached hydrogens (tertiary/aromatic N) is 3. The Morgan fingerprint density at radius 1 is 1.37 bits per heavy atom. The summed E-state index contributed by atoms with van der Waals surface area (Å²) in [5.41, 5.74) is 1.16. The van der Waals surface area contributed by atoms with E-state index in [1.54, 1.807) is 25.1 Å². The maximum atomic E-state index is 12.9. The van der Waals surface area contributed by atoms with Crippen molar-refractivity contribution in [1.82, 2.24) is 14.8 Å². The van der Waals surface area contributed by atoms with Crippen molar-refractivity contribution in [3.8, 4) is 5.75 Å². The topological polar surface area (TPSA) is 78.3 Å². The molecule has 27 heavy (non-hydrogen) atoms. The van der Waals surface area contributed by atoms with E-state index in [1.165, 1.54) is 17.1 Å². The fraction of sp³-hybridized carbons (Fsp3) is 0.389. The van der Waals surface area contributed by atoms with E-state index in [-0.39, 0.29) is 17.9 Å². The molecule has 1 aromatic heterocycles. The number of allylic oxidation sites excluding steroid dienone is 1. The Labute approximate surface area is 155 Å². The van der Waals surface area contributed by atoms with Crippen molar-refractivity contribution in [2.75, 3.05) is 11.9 Å². The van der Waals surface area contributed by atoms with Gasteiger partial charge in [-0.25, -0.2) is 9.48 Å². The third kappa shape index (κ3) is 3.91. The van der Waals surface area contributed by atoms with Crippen molar-refractivity contribution in [2.45, 2.75) is 39.3 Å². The third-order valence-corrected chi connectivity index (χ3v) is 4.17. The number of rotatable bonds is 7. The van der Waals surface area contributed by atoms with Crippen molar-refractivity contribution in [1.29, 1.82) is 0 Å². The smallest absolute Gasteiger partial charge is 0.387 e. The summed E-state index contributed by atoms with van der Waals surface area (Å²) in [7, 11) is 0. The van der Waals surface area contributed by atoms with Crippen LogP contribution < -0.4 is 10.1 Å². The van der Waals surface area contributed by atoms with Crippen LogP contribution in [0.4, 0.5) is 14.7 Å². The van der Waals surface area contributed by atoms with Gasteiger partial charge in [0, 0.05) is 11.3 Å². The van der Waals surface area contributed by atoms with E-state index < -0.39 is 18.6 Å². The lowest BCUT2D eigenvalue weighted by molar-refractivity contribution is -0.139. The zero-order chi connectivity index (χ0) is 19.4. The standard InChI is InChI=1S/C18H20F2N4O3/c1-3-4-9-26-16(25)14-11(2)23-18-21-10-22-24(18)15(14)12-7-5-6-8-13(12)27-17(19)20/h5-8,10,15,17H,3-4,9H2,1-2H3,(H,21,22,23). The fourth-order valence-corrected chi connectivity index (χ4v) is 2.94. The van der Waals surface area contributed by atoms with E-state index in [0.717, 1.165) is 12.8 Å². The minimum Gasteiger partial charge on any atom is -0.462 e. The van der Waals surface area contributed by atoms with Crippen LogP contribution in [0.15, 0.2) is 41.9 Å². The summed E-state index contributed by atoms with van der Waals surface area (Å²) < 4.78 is 37.2. The second kappa shape index (κ2) is 8.15. The molecule has 0 bridgehead atoms. The molecule has 1 N–H and O–H groups in total. The molecule has 1 aliphatic heterocycles. The fourth-order valence-electron chi connectivity index (χ4n) is 2.94. The molecule has 1 unspecified atom stereocenters. The number of aromatic nitrogens is 3. The van der Waals surface area contributed by atoms with Crippen LogP contribution in [-0.4, -0.2) is 34.0 Å². The van der Waals surface area contributed by atoms with Crippen LogP contribution in [0.25, 0.3) is 0 Å². The Morgan fingerprint density at radius 3 is 2.89 bits per heavy atom. The molecule has 2 aromatic rings. The normalized spacial score (nSPS) is 16.1. The van der Waals surface area contributed by atoms with Gasteiger partial charge in [0.25, 0.3) is 0 Å². The number of carbonyl (C=O) groups excluding carboxylic acids is 1. The molecule has 7 nitrogen and oxygen atoms in total. The van der Waals surface area contributed by atoms with Crippen molar-refractivity contribution in [3.63, 3.8) is 0 Å². The summed E-state index contributed by atoms with van der Waals surface area (Å²) in [6.07, 6.45) is 2.94. The number of esters is 1. The van der Waals surface area contributed by atoms with Crippen molar-refractivity contribution >= 4 is 11.9 Å². The number of ether oxygens (including phenoxy) is 2. The first-order valence-electron chi connectivity index (χ1n) is 8.61. The highest BCUT2D eigenvalue weighted by atomic mass is 19.3. The maximum absolute atomic E-state index is 12.9. The van der Waals surface area contributed by atoms with Gasteiger partial charge in [-0.15, -0.1) is 0 Å². The van der Waals surface area contributed by atoms with Gasteiger partial charge in [0.2, 0.25) is 5.95 Å². The third-order valence-electron chi connectivity index (χ3n) is 4.17. The first-order chi connectivity index (χ1) is 13.0. The van der Waals surface area contributed by atoms with Gasteiger partial charge in [-0.1, -0.05) is 31.5 Å². The number of fused-ring (bicyclic) bond motifs is 1. The van der Waals surface area contributed by atoms with Gasteiger partial charge >= 0.3 is 12.6 Å². The quantitative estimate of drug-likeness (QED) is 0.587. The van der Waals surface area contributed by atoms with Gasteiger partial charge < -0.3 is 14.8 Å². The number of anilines is 1. The lowest BCUT2D eigenvalue weighted by Gasteiger charge is -2.29. The van der Waals surface area contributed by atoms with Crippen LogP contribution in [0, 0.1) is 0 Å². The lowest BCUT2D eigenvalue weighted by atomic mass is 9.95. The van der Waals surface area contributed by atoms with Crippen LogP contribution in [-0.2, 0) is 9.53 Å². The Balaban J connectivity index is 2.06. The average molecular weight is 378 g/mol. The highest BCUT2D eigenvalue weighted by Gasteiger charge is 2.36. The molecule has 0 saturated carbocycles. The van der Waals surface area contributed by atoms with Gasteiger partial charge in [0.05, 0.1) is 12.2 Å². The van der Waals surface area contributed by atoms with Crippen LogP contribution in [0.5, 0.6) is 5.75 Å². The van der Waals surface area contributed by atoms with Gasteiger partial charge in [-0.2, -0.15) is 18.9 Å². The van der Waals surface area contributed by atoms with Crippen LogP contribution in [0.2, 0.25) is 0 Å². The Bertz CT molecular complexity index is 851. The summed E-state index contributed by atoms with van der Waals surface area (Å²) in [5, 5.41) is 7.16. The largest absolute Gasteiger partial charge is 0.462 e. The van der Waals surface area contributed by atoms with Crippen LogP contribution in [0.1, 0.15) is 38.3 Å². The zero-order valence-electron chi connectivity index (χ0n) is 15.0. The molecular formula is C18H20F2N4O3. The Morgan fingerprint density at radius 2 is 2.15 bits per heavy atom. The summed E-state index contributed by atoms with van der Waals surface area (Å²) >= 11 is 0. The molecule has 0 fully saturated rings. The van der Waals surface area contributed by atoms with Gasteiger partial charge in [0.1, 0.15) is 18.1 Å². The minimum absolute atomic E-state index is 0.0347. The number of para-hydroxylation sites is 1. The lowest BCUT2D eigenvalue weighted by Crippen LogP contribution is -2.30. The molecule has 1 aliphatic rings. The SMILES string of the molecule is CCCCOC(=O)C1=C(C)Nc2ncnn2C1c1ccccc1OC(F)F. The number of hydrogen-bond donors (Lipinski definition) is 1. The van der Waals surface area contributed by atoms with Crippen molar-refractivity contribution < 1.29 is 23.0 Å². The van der Waals surface area contributed by atoms with Gasteiger partial charge in [0.15, 0.2) is 0 Å². The number of alkyl halides is 2. The van der Waals surface area contributed by atoms with E-state index >= 15 is 0 Å². The number of unbranched alkanes of at least 4 members (excludes halogenated alkanes) is 1. The summed E-state index contributed by atoms with van der Waals surface area (Å²) in [6.45, 7) is 0.979. The average Bonchev–Trinajstić information content (AvgIpc) is 3.08. The molecule has 1 aromatic carbocycles. The monoisotopic (exact) mass is 378 g/mol. The number of halogens is 2. The number of hydrogen-bond acceptors (Lipinski definition) is 6. The van der Waals surface area contributed by atoms with Gasteiger partial charge in [-0.3, -0.25) is 0 Å². The second-order valence-corrected chi connectivity index (χ2v) is 6.00. The van der Waals surface area contributed by atoms with Crippen LogP contribution in [0.3, 0.4) is 0 Å². The minimum atomic E-state index is -2.99. The molecule has 0 saturated heterocycles. The molecule has 2 heterocycles. The summed E-state index contributed by atoms with van der Waals surface area (Å²) in [4.78, 5) is 16.9. The van der Waals surface area contributed by atoms with E-state index in [4.69, 9.17) is 4.74 Å². The first-order valence-corrected chi connectivity index (χ1v) is 8.61. The van der Waals surface area contributed by atoms with E-state index in [9.17, 15) is 13.6 Å². The number of carbonyl (C=O) groups is 1. The molecular weight excluding hydrogens is 358 g/mol. The molecule has 3 rings (SSSR count). The Hall–Kier alpha value is -2.97. The maximum Gasteiger partial charge on any atom is 0.387 e. The zero-order valence-corrected chi connectivity index (χ0v) is 15.0. The predicted molar refractivity (Wildman–Crippen MR) is 93.4 cm³/mol. The second-order valence-electron chi connectivity index (χ2n) is 6.00. The summed E-state index contributed by atoms with van der Waals surface area (Å²) in [6, 6.07) is 5.51. The Kier molecular flexibility index (Phi) is 5.68. The molecule has 0 amide bonds. The highest BCUT2D eigenvalue weighted by molar-refractivity contribution is 5.92. The molecule has 0 aliphatic carbocycles. The molecule has 9 heteroatoms. The van der Waals surface area contributed by atoms with Crippen LogP contribution >= 0.6 is 0 Å². The summed E-state index contributed by atoms with van der Waals surface area (Å²) in [5.74, 6) is -0.173. The van der Waals surface area contributed by atoms with Gasteiger partial charge in [-0.05, 0) is 19.4 Å². The first kappa shape index (κ1) is 18.8. The number of benzene rings is 1. The molecule has 0 radical (unpaired) electrons. The van der Waals surface area contributed by atoms with E-state index in [2.05, 4.69) is 20.1 Å². The van der Waals surface area contributed by atoms with E-state index in [1.807, 2.05) is 6.92 Å². The number of nitrogens with one attached hydrogen (secondary N) is 1. The molecule has 0 spiro atoms.